The SMILES string of the molecule is Cc1nn(-c2ccccc2)c(C)c1C(=O)NC(C)c1cccs1. The number of thiophene rings is 1. The highest BCUT2D eigenvalue weighted by Gasteiger charge is 2.21. The maximum atomic E-state index is 12.7. The molecule has 2 aromatic heterocycles. The Bertz CT molecular complexity index is 806. The second kappa shape index (κ2) is 6.38. The van der Waals surface area contributed by atoms with Crippen LogP contribution in [0, 0.1) is 13.8 Å². The van der Waals surface area contributed by atoms with Crippen LogP contribution in [-0.2, 0) is 0 Å². The summed E-state index contributed by atoms with van der Waals surface area (Å²) in [5, 5.41) is 9.61. The Morgan fingerprint density at radius 2 is 1.91 bits per heavy atom. The molecule has 1 atom stereocenters. The number of carbonyl (C=O) groups excluding carboxylic acids is 1. The molecule has 5 heteroatoms. The van der Waals surface area contributed by atoms with Crippen molar-refractivity contribution in [2.24, 2.45) is 0 Å². The van der Waals surface area contributed by atoms with Crippen molar-refractivity contribution in [3.8, 4) is 5.69 Å². The number of nitrogens with one attached hydrogen (secondary N) is 1. The largest absolute Gasteiger partial charge is 0.345 e. The van der Waals surface area contributed by atoms with Crippen LogP contribution in [0.4, 0.5) is 0 Å². The molecule has 0 radical (unpaired) electrons. The number of rotatable bonds is 4. The van der Waals surface area contributed by atoms with Crippen molar-refractivity contribution >= 4 is 17.2 Å². The molecule has 2 heterocycles. The van der Waals surface area contributed by atoms with E-state index in [0.717, 1.165) is 22.0 Å². The lowest BCUT2D eigenvalue weighted by Gasteiger charge is -2.12. The number of amides is 1. The first-order valence-corrected chi connectivity index (χ1v) is 8.42. The van der Waals surface area contributed by atoms with Crippen LogP contribution in [-0.4, -0.2) is 15.7 Å². The van der Waals surface area contributed by atoms with Gasteiger partial charge in [-0.25, -0.2) is 4.68 Å². The highest BCUT2D eigenvalue weighted by molar-refractivity contribution is 7.10. The first kappa shape index (κ1) is 15.5. The molecule has 1 unspecified atom stereocenters. The van der Waals surface area contributed by atoms with Crippen LogP contribution in [0.15, 0.2) is 47.8 Å². The van der Waals surface area contributed by atoms with Crippen molar-refractivity contribution in [2.45, 2.75) is 26.8 Å². The number of benzene rings is 1. The fourth-order valence-corrected chi connectivity index (χ4v) is 3.40. The summed E-state index contributed by atoms with van der Waals surface area (Å²) < 4.78 is 1.82. The van der Waals surface area contributed by atoms with Gasteiger partial charge in [0.05, 0.1) is 28.7 Å². The van der Waals surface area contributed by atoms with E-state index in [4.69, 9.17) is 0 Å². The van der Waals surface area contributed by atoms with Crippen LogP contribution in [0.3, 0.4) is 0 Å². The summed E-state index contributed by atoms with van der Waals surface area (Å²) >= 11 is 1.64. The molecule has 3 rings (SSSR count). The van der Waals surface area contributed by atoms with Crippen LogP contribution < -0.4 is 5.32 Å². The molecule has 23 heavy (non-hydrogen) atoms. The molecule has 0 saturated carbocycles. The van der Waals surface area contributed by atoms with Gasteiger partial charge in [-0.05, 0) is 44.4 Å². The van der Waals surface area contributed by atoms with Gasteiger partial charge in [0.1, 0.15) is 0 Å². The van der Waals surface area contributed by atoms with Crippen molar-refractivity contribution in [3.63, 3.8) is 0 Å². The third kappa shape index (κ3) is 3.05. The summed E-state index contributed by atoms with van der Waals surface area (Å²) in [6.07, 6.45) is 0. The van der Waals surface area contributed by atoms with E-state index in [9.17, 15) is 4.79 Å². The van der Waals surface area contributed by atoms with Gasteiger partial charge in [0.25, 0.3) is 5.91 Å². The van der Waals surface area contributed by atoms with E-state index >= 15 is 0 Å². The predicted octanol–water partition coefficient (Wildman–Crippen LogP) is 4.04. The van der Waals surface area contributed by atoms with Crippen molar-refractivity contribution in [1.29, 1.82) is 0 Å². The molecule has 0 aliphatic rings. The topological polar surface area (TPSA) is 46.9 Å². The number of aryl methyl sites for hydroxylation is 1. The standard InChI is InChI=1S/C18H19N3OS/c1-12(16-10-7-11-23-16)19-18(22)17-13(2)20-21(14(17)3)15-8-5-4-6-9-15/h4-12H,1-3H3,(H,19,22). The van der Waals surface area contributed by atoms with Gasteiger partial charge in [-0.15, -0.1) is 11.3 Å². The van der Waals surface area contributed by atoms with Crippen molar-refractivity contribution < 1.29 is 4.79 Å². The van der Waals surface area contributed by atoms with Gasteiger partial charge in [0.15, 0.2) is 0 Å². The molecule has 118 valence electrons. The minimum atomic E-state index is -0.0805. The van der Waals surface area contributed by atoms with E-state index in [-0.39, 0.29) is 11.9 Å². The first-order valence-electron chi connectivity index (χ1n) is 7.54. The number of para-hydroxylation sites is 1. The lowest BCUT2D eigenvalue weighted by atomic mass is 10.1. The molecule has 3 aromatic rings. The Labute approximate surface area is 139 Å². The molecular weight excluding hydrogens is 306 g/mol. The summed E-state index contributed by atoms with van der Waals surface area (Å²) in [6, 6.07) is 13.9. The molecule has 0 fully saturated rings. The van der Waals surface area contributed by atoms with Crippen molar-refractivity contribution in [2.75, 3.05) is 0 Å². The molecule has 0 saturated heterocycles. The minimum absolute atomic E-state index is 0.0126. The maximum Gasteiger partial charge on any atom is 0.255 e. The fraction of sp³-hybridized carbons (Fsp3) is 0.222. The van der Waals surface area contributed by atoms with Crippen LogP contribution >= 0.6 is 11.3 Å². The number of aromatic nitrogens is 2. The molecule has 1 aromatic carbocycles. The van der Waals surface area contributed by atoms with Gasteiger partial charge in [0, 0.05) is 4.88 Å². The van der Waals surface area contributed by atoms with Gasteiger partial charge >= 0.3 is 0 Å². The fourth-order valence-electron chi connectivity index (χ4n) is 2.67. The van der Waals surface area contributed by atoms with Gasteiger partial charge in [-0.2, -0.15) is 5.10 Å². The number of hydrogen-bond donors (Lipinski definition) is 1. The zero-order valence-electron chi connectivity index (χ0n) is 13.4. The molecule has 1 N–H and O–H groups in total. The summed E-state index contributed by atoms with van der Waals surface area (Å²) in [4.78, 5) is 13.8. The minimum Gasteiger partial charge on any atom is -0.345 e. The summed E-state index contributed by atoms with van der Waals surface area (Å²) in [5.41, 5.74) is 3.20. The third-order valence-electron chi connectivity index (χ3n) is 3.84. The number of carbonyl (C=O) groups is 1. The second-order valence-electron chi connectivity index (χ2n) is 5.50. The zero-order valence-corrected chi connectivity index (χ0v) is 14.2. The Kier molecular flexibility index (Phi) is 4.30. The molecule has 1 amide bonds. The Hall–Kier alpha value is -2.40. The van der Waals surface area contributed by atoms with Crippen LogP contribution in [0.5, 0.6) is 0 Å². The molecule has 0 bridgehead atoms. The number of hydrogen-bond acceptors (Lipinski definition) is 3. The van der Waals surface area contributed by atoms with E-state index in [0.29, 0.717) is 5.56 Å². The highest BCUT2D eigenvalue weighted by atomic mass is 32.1. The van der Waals surface area contributed by atoms with E-state index in [1.165, 1.54) is 0 Å². The highest BCUT2D eigenvalue weighted by Crippen LogP contribution is 2.21. The predicted molar refractivity (Wildman–Crippen MR) is 93.2 cm³/mol. The number of nitrogens with zero attached hydrogens (tertiary/aromatic N) is 2. The molecular formula is C18H19N3OS. The summed E-state index contributed by atoms with van der Waals surface area (Å²) in [7, 11) is 0. The summed E-state index contributed by atoms with van der Waals surface area (Å²) in [6.45, 7) is 5.80. The van der Waals surface area contributed by atoms with Gasteiger partial charge < -0.3 is 5.32 Å². The van der Waals surface area contributed by atoms with Crippen LogP contribution in [0.2, 0.25) is 0 Å². The lowest BCUT2D eigenvalue weighted by Crippen LogP contribution is -2.27. The Morgan fingerprint density at radius 3 is 2.57 bits per heavy atom. The smallest absolute Gasteiger partial charge is 0.255 e. The van der Waals surface area contributed by atoms with Crippen LogP contribution in [0.25, 0.3) is 5.69 Å². The normalized spacial score (nSPS) is 12.1. The average Bonchev–Trinajstić information content (AvgIpc) is 3.16. The van der Waals surface area contributed by atoms with E-state index in [2.05, 4.69) is 10.4 Å². The lowest BCUT2D eigenvalue weighted by molar-refractivity contribution is 0.0939. The van der Waals surface area contributed by atoms with Crippen LogP contribution in [0.1, 0.15) is 39.6 Å². The molecule has 0 aliphatic heterocycles. The Balaban J connectivity index is 1.88. The molecule has 0 spiro atoms. The molecule has 4 nitrogen and oxygen atoms in total. The van der Waals surface area contributed by atoms with E-state index < -0.39 is 0 Å². The van der Waals surface area contributed by atoms with Gasteiger partial charge in [-0.1, -0.05) is 24.3 Å². The first-order chi connectivity index (χ1) is 11.1. The average molecular weight is 325 g/mol. The van der Waals surface area contributed by atoms with Crippen molar-refractivity contribution in [3.05, 3.63) is 69.7 Å². The van der Waals surface area contributed by atoms with E-state index in [1.54, 1.807) is 11.3 Å². The zero-order chi connectivity index (χ0) is 16.4. The summed E-state index contributed by atoms with van der Waals surface area (Å²) in [5.74, 6) is -0.0805. The second-order valence-corrected chi connectivity index (χ2v) is 6.48. The van der Waals surface area contributed by atoms with Gasteiger partial charge in [0.2, 0.25) is 0 Å². The van der Waals surface area contributed by atoms with E-state index in [1.807, 2.05) is 73.3 Å². The quantitative estimate of drug-likeness (QED) is 0.787. The Morgan fingerprint density at radius 1 is 1.17 bits per heavy atom. The van der Waals surface area contributed by atoms with Crippen molar-refractivity contribution in [1.82, 2.24) is 15.1 Å². The maximum absolute atomic E-state index is 12.7. The monoisotopic (exact) mass is 325 g/mol. The van der Waals surface area contributed by atoms with Gasteiger partial charge in [-0.3, -0.25) is 4.79 Å². The third-order valence-corrected chi connectivity index (χ3v) is 4.89. The molecule has 0 aliphatic carbocycles.